The molecule has 3 N–H and O–H groups in total. The maximum absolute atomic E-state index is 12.9. The molecule has 1 heterocycles. The molecule has 0 aliphatic rings. The summed E-state index contributed by atoms with van der Waals surface area (Å²) in [4.78, 5) is 16.8. The number of carbonyl (C=O) groups is 1. The minimum absolute atomic E-state index is 0.0733. The van der Waals surface area contributed by atoms with Crippen molar-refractivity contribution in [3.63, 3.8) is 0 Å². The number of alkyl halides is 3. The van der Waals surface area contributed by atoms with Crippen molar-refractivity contribution >= 4 is 17.3 Å². The summed E-state index contributed by atoms with van der Waals surface area (Å²) in [5.41, 5.74) is 8.57. The van der Waals surface area contributed by atoms with Gasteiger partial charge < -0.3 is 11.1 Å². The predicted molar refractivity (Wildman–Crippen MR) is 102 cm³/mol. The van der Waals surface area contributed by atoms with E-state index in [2.05, 4.69) is 10.3 Å². The second-order valence-electron chi connectivity index (χ2n) is 6.37. The lowest BCUT2D eigenvalue weighted by Crippen LogP contribution is -2.16. The van der Waals surface area contributed by atoms with Crippen LogP contribution in [0.1, 0.15) is 32.6 Å². The van der Waals surface area contributed by atoms with Gasteiger partial charge in [0.15, 0.2) is 0 Å². The molecule has 0 fully saturated rings. The third-order valence-electron chi connectivity index (χ3n) is 4.46. The summed E-state index contributed by atoms with van der Waals surface area (Å²) in [6.45, 7) is 1.81. The third kappa shape index (κ3) is 4.31. The lowest BCUT2D eigenvalue weighted by Gasteiger charge is -2.15. The van der Waals surface area contributed by atoms with E-state index in [1.54, 1.807) is 24.5 Å². The van der Waals surface area contributed by atoms with Gasteiger partial charge in [0.1, 0.15) is 0 Å². The molecule has 4 nitrogen and oxygen atoms in total. The third-order valence-corrected chi connectivity index (χ3v) is 4.46. The lowest BCUT2D eigenvalue weighted by molar-refractivity contribution is -0.137. The first kappa shape index (κ1) is 19.4. The number of aromatic nitrogens is 1. The number of anilines is 2. The van der Waals surface area contributed by atoms with E-state index in [0.29, 0.717) is 17.7 Å². The van der Waals surface area contributed by atoms with Gasteiger partial charge in [-0.15, -0.1) is 0 Å². The van der Waals surface area contributed by atoms with Crippen LogP contribution >= 0.6 is 0 Å². The van der Waals surface area contributed by atoms with E-state index in [0.717, 1.165) is 28.8 Å². The van der Waals surface area contributed by atoms with E-state index in [1.807, 2.05) is 19.1 Å². The standard InChI is InChI=1S/C21H18F3N3O/c1-13-18(11-14-7-9-26-10-8-14)17(5-6-19(13)25)20(28)27-16-4-2-3-15(12-16)21(22,23)24/h2-10,12H,11,25H2,1H3,(H,27,28). The topological polar surface area (TPSA) is 68.0 Å². The average Bonchev–Trinajstić information content (AvgIpc) is 2.66. The van der Waals surface area contributed by atoms with Crippen molar-refractivity contribution in [1.29, 1.82) is 0 Å². The van der Waals surface area contributed by atoms with Gasteiger partial charge in [-0.05, 0) is 72.5 Å². The smallest absolute Gasteiger partial charge is 0.399 e. The maximum Gasteiger partial charge on any atom is 0.416 e. The van der Waals surface area contributed by atoms with Crippen LogP contribution < -0.4 is 11.1 Å². The Labute approximate surface area is 160 Å². The van der Waals surface area contributed by atoms with E-state index >= 15 is 0 Å². The monoisotopic (exact) mass is 385 g/mol. The fourth-order valence-electron chi connectivity index (χ4n) is 2.89. The number of hydrogen-bond donors (Lipinski definition) is 2. The molecule has 0 aliphatic heterocycles. The highest BCUT2D eigenvalue weighted by molar-refractivity contribution is 6.06. The molecule has 0 unspecified atom stereocenters. The Balaban J connectivity index is 1.93. The molecule has 1 aromatic heterocycles. The van der Waals surface area contributed by atoms with Gasteiger partial charge in [0.05, 0.1) is 5.56 Å². The highest BCUT2D eigenvalue weighted by Crippen LogP contribution is 2.31. The molecular formula is C21H18F3N3O. The molecule has 0 atom stereocenters. The second kappa shape index (κ2) is 7.72. The second-order valence-corrected chi connectivity index (χ2v) is 6.37. The minimum atomic E-state index is -4.48. The number of carbonyl (C=O) groups excluding carboxylic acids is 1. The molecule has 3 rings (SSSR count). The molecule has 28 heavy (non-hydrogen) atoms. The molecule has 0 spiro atoms. The van der Waals surface area contributed by atoms with Crippen LogP contribution in [0.3, 0.4) is 0 Å². The van der Waals surface area contributed by atoms with Gasteiger partial charge in [-0.25, -0.2) is 0 Å². The highest BCUT2D eigenvalue weighted by Gasteiger charge is 2.30. The number of nitrogen functional groups attached to an aromatic ring is 1. The van der Waals surface area contributed by atoms with Crippen LogP contribution in [0.5, 0.6) is 0 Å². The first-order chi connectivity index (χ1) is 13.3. The molecule has 0 saturated heterocycles. The zero-order valence-electron chi connectivity index (χ0n) is 15.0. The molecule has 0 aliphatic carbocycles. The summed E-state index contributed by atoms with van der Waals surface area (Å²) >= 11 is 0. The van der Waals surface area contributed by atoms with Crippen LogP contribution in [0.15, 0.2) is 60.9 Å². The fourth-order valence-corrected chi connectivity index (χ4v) is 2.89. The Kier molecular flexibility index (Phi) is 5.35. The number of hydrogen-bond acceptors (Lipinski definition) is 3. The minimum Gasteiger partial charge on any atom is -0.399 e. The zero-order valence-corrected chi connectivity index (χ0v) is 15.0. The van der Waals surface area contributed by atoms with E-state index in [4.69, 9.17) is 5.73 Å². The lowest BCUT2D eigenvalue weighted by atomic mass is 9.94. The normalized spacial score (nSPS) is 11.3. The van der Waals surface area contributed by atoms with Crippen LogP contribution in [0.25, 0.3) is 0 Å². The van der Waals surface area contributed by atoms with Crippen molar-refractivity contribution in [2.75, 3.05) is 11.1 Å². The van der Waals surface area contributed by atoms with Gasteiger partial charge >= 0.3 is 6.18 Å². The fraction of sp³-hybridized carbons (Fsp3) is 0.143. The molecular weight excluding hydrogens is 367 g/mol. The summed E-state index contributed by atoms with van der Waals surface area (Å²) in [6.07, 6.45) is -0.728. The average molecular weight is 385 g/mol. The Bertz CT molecular complexity index is 1000. The summed E-state index contributed by atoms with van der Waals surface area (Å²) < 4.78 is 38.7. The van der Waals surface area contributed by atoms with Crippen molar-refractivity contribution in [1.82, 2.24) is 4.98 Å². The molecule has 1 amide bonds. The number of halogens is 3. The largest absolute Gasteiger partial charge is 0.416 e. The van der Waals surface area contributed by atoms with E-state index in [1.165, 1.54) is 12.1 Å². The Morgan fingerprint density at radius 2 is 1.82 bits per heavy atom. The molecule has 0 bridgehead atoms. The Hall–Kier alpha value is -3.35. The van der Waals surface area contributed by atoms with Crippen LogP contribution in [-0.4, -0.2) is 10.9 Å². The Morgan fingerprint density at radius 1 is 1.11 bits per heavy atom. The van der Waals surface area contributed by atoms with Gasteiger partial charge in [0.25, 0.3) is 5.91 Å². The molecule has 7 heteroatoms. The first-order valence-electron chi connectivity index (χ1n) is 8.51. The molecule has 3 aromatic rings. The number of nitrogens with one attached hydrogen (secondary N) is 1. The summed E-state index contributed by atoms with van der Waals surface area (Å²) in [5, 5.41) is 2.55. The summed E-state index contributed by atoms with van der Waals surface area (Å²) in [5.74, 6) is -0.494. The van der Waals surface area contributed by atoms with Crippen molar-refractivity contribution in [2.45, 2.75) is 19.5 Å². The van der Waals surface area contributed by atoms with E-state index < -0.39 is 17.6 Å². The van der Waals surface area contributed by atoms with Gasteiger partial charge in [-0.3, -0.25) is 9.78 Å². The number of amides is 1. The molecule has 2 aromatic carbocycles. The predicted octanol–water partition coefficient (Wildman–Crippen LogP) is 4.83. The van der Waals surface area contributed by atoms with Crippen molar-refractivity contribution in [3.8, 4) is 0 Å². The SMILES string of the molecule is Cc1c(N)ccc(C(=O)Nc2cccc(C(F)(F)F)c2)c1Cc1ccncc1. The molecule has 144 valence electrons. The van der Waals surface area contributed by atoms with E-state index in [9.17, 15) is 18.0 Å². The Morgan fingerprint density at radius 3 is 2.50 bits per heavy atom. The summed E-state index contributed by atoms with van der Waals surface area (Å²) in [6, 6.07) is 11.4. The van der Waals surface area contributed by atoms with Crippen molar-refractivity contribution < 1.29 is 18.0 Å². The summed E-state index contributed by atoms with van der Waals surface area (Å²) in [7, 11) is 0. The molecule has 0 radical (unpaired) electrons. The highest BCUT2D eigenvalue weighted by atomic mass is 19.4. The number of benzene rings is 2. The van der Waals surface area contributed by atoms with Crippen LogP contribution in [0.4, 0.5) is 24.5 Å². The van der Waals surface area contributed by atoms with Crippen molar-refractivity contribution in [3.05, 3.63) is 88.7 Å². The number of rotatable bonds is 4. The quantitative estimate of drug-likeness (QED) is 0.632. The maximum atomic E-state index is 12.9. The van der Waals surface area contributed by atoms with E-state index in [-0.39, 0.29) is 5.69 Å². The molecule has 0 saturated carbocycles. The number of nitrogens with zero attached hydrogens (tertiary/aromatic N) is 1. The number of nitrogens with two attached hydrogens (primary N) is 1. The van der Waals surface area contributed by atoms with Gasteiger partial charge in [-0.1, -0.05) is 6.07 Å². The van der Waals surface area contributed by atoms with Gasteiger partial charge in [0, 0.05) is 29.3 Å². The first-order valence-corrected chi connectivity index (χ1v) is 8.51. The van der Waals surface area contributed by atoms with Crippen LogP contribution in [0, 0.1) is 6.92 Å². The van der Waals surface area contributed by atoms with Crippen molar-refractivity contribution in [2.24, 2.45) is 0 Å². The zero-order chi connectivity index (χ0) is 20.3. The number of pyridine rings is 1. The van der Waals surface area contributed by atoms with Gasteiger partial charge in [0.2, 0.25) is 0 Å². The van der Waals surface area contributed by atoms with Crippen LogP contribution in [-0.2, 0) is 12.6 Å². The van der Waals surface area contributed by atoms with Gasteiger partial charge in [-0.2, -0.15) is 13.2 Å². The van der Waals surface area contributed by atoms with Crippen LogP contribution in [0.2, 0.25) is 0 Å².